The summed E-state index contributed by atoms with van der Waals surface area (Å²) in [5, 5.41) is 2.32. The standard InChI is InChI=1S/C32H28F3NO8/c1-18(2)14-23(36-31(39)42-17-19-6-4-3-5-7-19)30(38)43-21-9-10-22-25(16-21)44-29(32(33,34)35)27(28(22)37)20-8-11-24-26(15-20)41-13-12-40-24/h3-11,15-16,18,23H,12-14,17H2,1-2H3,(H,36,39)/t23-/m0/s1. The van der Waals surface area contributed by atoms with Crippen molar-refractivity contribution in [3.8, 4) is 28.4 Å². The van der Waals surface area contributed by atoms with Gasteiger partial charge >= 0.3 is 18.2 Å². The van der Waals surface area contributed by atoms with Crippen LogP contribution in [0, 0.1) is 5.92 Å². The molecule has 1 amide bonds. The van der Waals surface area contributed by atoms with Gasteiger partial charge in [0.05, 0.1) is 10.9 Å². The van der Waals surface area contributed by atoms with Gasteiger partial charge in [-0.1, -0.05) is 50.2 Å². The van der Waals surface area contributed by atoms with E-state index in [4.69, 9.17) is 23.4 Å². The van der Waals surface area contributed by atoms with Gasteiger partial charge in [0.25, 0.3) is 0 Å². The third kappa shape index (κ3) is 6.96. The van der Waals surface area contributed by atoms with Crippen LogP contribution >= 0.6 is 0 Å². The van der Waals surface area contributed by atoms with Gasteiger partial charge in [-0.15, -0.1) is 0 Å². The molecule has 1 N–H and O–H groups in total. The number of ether oxygens (including phenoxy) is 4. The zero-order valence-corrected chi connectivity index (χ0v) is 23.7. The fraction of sp³-hybridized carbons (Fsp3) is 0.281. The molecule has 3 aromatic carbocycles. The molecule has 1 aliphatic rings. The molecule has 0 unspecified atom stereocenters. The smallest absolute Gasteiger partial charge is 0.450 e. The van der Waals surface area contributed by atoms with Crippen molar-refractivity contribution in [3.05, 3.63) is 88.3 Å². The highest BCUT2D eigenvalue weighted by atomic mass is 19.4. The number of hydrogen-bond acceptors (Lipinski definition) is 8. The van der Waals surface area contributed by atoms with E-state index in [0.29, 0.717) is 5.75 Å². The number of alkyl halides is 3. The number of fused-ring (bicyclic) bond motifs is 2. The van der Waals surface area contributed by atoms with E-state index in [-0.39, 0.29) is 54.6 Å². The molecule has 1 aromatic heterocycles. The number of carbonyl (C=O) groups excluding carboxylic acids is 2. The zero-order chi connectivity index (χ0) is 31.4. The lowest BCUT2D eigenvalue weighted by Crippen LogP contribution is -2.44. The molecule has 0 bridgehead atoms. The van der Waals surface area contributed by atoms with E-state index in [1.54, 1.807) is 24.3 Å². The number of halogens is 3. The van der Waals surface area contributed by atoms with Gasteiger partial charge in [0.15, 0.2) is 11.5 Å². The molecule has 9 nitrogen and oxygen atoms in total. The number of esters is 1. The Morgan fingerprint density at radius 3 is 2.39 bits per heavy atom. The van der Waals surface area contributed by atoms with E-state index in [2.05, 4.69) is 5.32 Å². The summed E-state index contributed by atoms with van der Waals surface area (Å²) in [5.74, 6) is -2.06. The minimum absolute atomic E-state index is 0.0182. The highest BCUT2D eigenvalue weighted by Crippen LogP contribution is 2.40. The van der Waals surface area contributed by atoms with Gasteiger partial charge in [-0.05, 0) is 47.7 Å². The maximum atomic E-state index is 14.2. The molecule has 230 valence electrons. The average molecular weight is 612 g/mol. The van der Waals surface area contributed by atoms with E-state index in [0.717, 1.165) is 11.6 Å². The van der Waals surface area contributed by atoms with Gasteiger partial charge in [0.2, 0.25) is 11.2 Å². The van der Waals surface area contributed by atoms with Gasteiger partial charge < -0.3 is 28.7 Å². The largest absolute Gasteiger partial charge is 0.486 e. The molecular weight excluding hydrogens is 583 g/mol. The van der Waals surface area contributed by atoms with Crippen LogP contribution in [0.15, 0.2) is 75.9 Å². The maximum absolute atomic E-state index is 14.2. The zero-order valence-electron chi connectivity index (χ0n) is 23.7. The normalized spacial score (nSPS) is 13.4. The summed E-state index contributed by atoms with van der Waals surface area (Å²) in [6.07, 6.45) is -5.68. The molecule has 44 heavy (non-hydrogen) atoms. The lowest BCUT2D eigenvalue weighted by molar-refractivity contribution is -0.152. The second-order valence-corrected chi connectivity index (χ2v) is 10.5. The Kier molecular flexibility index (Phi) is 8.79. The summed E-state index contributed by atoms with van der Waals surface area (Å²) < 4.78 is 69.3. The van der Waals surface area contributed by atoms with Crippen LogP contribution in [0.1, 0.15) is 31.6 Å². The number of benzene rings is 3. The second-order valence-electron chi connectivity index (χ2n) is 10.5. The van der Waals surface area contributed by atoms with Crippen LogP contribution in [0.25, 0.3) is 22.1 Å². The van der Waals surface area contributed by atoms with E-state index < -0.39 is 46.6 Å². The molecule has 0 saturated heterocycles. The quantitative estimate of drug-likeness (QED) is 0.178. The number of rotatable bonds is 8. The summed E-state index contributed by atoms with van der Waals surface area (Å²) in [7, 11) is 0. The van der Waals surface area contributed by atoms with E-state index in [1.807, 2.05) is 19.9 Å². The van der Waals surface area contributed by atoms with Crippen molar-refractivity contribution in [1.29, 1.82) is 0 Å². The fourth-order valence-corrected chi connectivity index (χ4v) is 4.68. The Bertz CT molecular complexity index is 1730. The molecule has 0 spiro atoms. The van der Waals surface area contributed by atoms with E-state index in [9.17, 15) is 27.6 Å². The van der Waals surface area contributed by atoms with Crippen molar-refractivity contribution in [2.75, 3.05) is 13.2 Å². The molecule has 5 rings (SSSR count). The van der Waals surface area contributed by atoms with Crippen molar-refractivity contribution in [1.82, 2.24) is 5.32 Å². The summed E-state index contributed by atoms with van der Waals surface area (Å²) in [4.78, 5) is 38.9. The van der Waals surface area contributed by atoms with Crippen LogP contribution in [0.3, 0.4) is 0 Å². The molecular formula is C32H28F3NO8. The second kappa shape index (κ2) is 12.7. The van der Waals surface area contributed by atoms with E-state index >= 15 is 0 Å². The number of amides is 1. The van der Waals surface area contributed by atoms with Gasteiger partial charge in [-0.2, -0.15) is 13.2 Å². The topological polar surface area (TPSA) is 113 Å². The third-order valence-electron chi connectivity index (χ3n) is 6.67. The highest BCUT2D eigenvalue weighted by molar-refractivity contribution is 5.87. The predicted octanol–water partition coefficient (Wildman–Crippen LogP) is 6.50. The molecule has 1 atom stereocenters. The SMILES string of the molecule is CC(C)C[C@H](NC(=O)OCc1ccccc1)C(=O)Oc1ccc2c(=O)c(-c3ccc4c(c3)OCCO4)c(C(F)(F)F)oc2c1. The van der Waals surface area contributed by atoms with Gasteiger partial charge in [-0.25, -0.2) is 9.59 Å². The number of alkyl carbamates (subject to hydrolysis) is 1. The molecule has 0 saturated carbocycles. The Morgan fingerprint density at radius 1 is 0.955 bits per heavy atom. The van der Waals surface area contributed by atoms with Crippen molar-refractivity contribution < 1.29 is 46.1 Å². The third-order valence-corrected chi connectivity index (χ3v) is 6.67. The molecule has 4 aromatic rings. The Balaban J connectivity index is 1.40. The molecule has 1 aliphatic heterocycles. The lowest BCUT2D eigenvalue weighted by atomic mass is 10.0. The van der Waals surface area contributed by atoms with Crippen LogP contribution in [0.4, 0.5) is 18.0 Å². The van der Waals surface area contributed by atoms with Gasteiger partial charge in [0, 0.05) is 6.07 Å². The van der Waals surface area contributed by atoms with Gasteiger partial charge in [0.1, 0.15) is 37.2 Å². The molecule has 0 fully saturated rings. The van der Waals surface area contributed by atoms with E-state index in [1.165, 1.54) is 30.3 Å². The summed E-state index contributed by atoms with van der Waals surface area (Å²) in [5.41, 5.74) is -1.38. The minimum Gasteiger partial charge on any atom is -0.486 e. The monoisotopic (exact) mass is 611 g/mol. The Labute approximate surface area is 249 Å². The highest BCUT2D eigenvalue weighted by Gasteiger charge is 2.40. The number of nitrogens with one attached hydrogen (secondary N) is 1. The molecule has 2 heterocycles. The fourth-order valence-electron chi connectivity index (χ4n) is 4.68. The van der Waals surface area contributed by atoms with Crippen LogP contribution in [-0.4, -0.2) is 31.3 Å². The number of hydrogen-bond donors (Lipinski definition) is 1. The first-order valence-electron chi connectivity index (χ1n) is 13.8. The summed E-state index contributed by atoms with van der Waals surface area (Å²) in [6.45, 7) is 4.14. The lowest BCUT2D eigenvalue weighted by Gasteiger charge is -2.20. The van der Waals surface area contributed by atoms with Crippen LogP contribution in [-0.2, 0) is 22.3 Å². The summed E-state index contributed by atoms with van der Waals surface area (Å²) >= 11 is 0. The first kappa shape index (κ1) is 30.5. The number of carbonyl (C=O) groups is 2. The molecule has 12 heteroatoms. The molecule has 0 aliphatic carbocycles. The maximum Gasteiger partial charge on any atom is 0.450 e. The summed E-state index contributed by atoms with van der Waals surface area (Å²) in [6, 6.07) is 15.4. The van der Waals surface area contributed by atoms with Crippen molar-refractivity contribution in [3.63, 3.8) is 0 Å². The van der Waals surface area contributed by atoms with Gasteiger partial charge in [-0.3, -0.25) is 4.79 Å². The van der Waals surface area contributed by atoms with Crippen molar-refractivity contribution >= 4 is 23.0 Å². The first-order chi connectivity index (χ1) is 21.0. The Hall–Kier alpha value is -5.00. The Morgan fingerprint density at radius 2 is 1.68 bits per heavy atom. The van der Waals surface area contributed by atoms with Crippen molar-refractivity contribution in [2.45, 2.75) is 39.1 Å². The molecule has 0 radical (unpaired) electrons. The van der Waals surface area contributed by atoms with Crippen molar-refractivity contribution in [2.24, 2.45) is 5.92 Å². The van der Waals surface area contributed by atoms with Crippen LogP contribution in [0.5, 0.6) is 17.2 Å². The minimum atomic E-state index is -5.03. The van der Waals surface area contributed by atoms with Crippen LogP contribution in [0.2, 0.25) is 0 Å². The first-order valence-corrected chi connectivity index (χ1v) is 13.8. The predicted molar refractivity (Wildman–Crippen MR) is 153 cm³/mol. The average Bonchev–Trinajstić information content (AvgIpc) is 2.99. The van der Waals surface area contributed by atoms with Crippen LogP contribution < -0.4 is 25.0 Å².